The molecular weight excluding hydrogens is 306 g/mol. The average Bonchev–Trinajstić information content (AvgIpc) is 3.23. The van der Waals surface area contributed by atoms with Crippen LogP contribution in [0, 0.1) is 5.92 Å². The molecule has 6 nitrogen and oxygen atoms in total. The van der Waals surface area contributed by atoms with Gasteiger partial charge in [-0.3, -0.25) is 14.5 Å². The monoisotopic (exact) mass is 329 g/mol. The maximum absolute atomic E-state index is 13.1. The summed E-state index contributed by atoms with van der Waals surface area (Å²) in [4.78, 5) is 28.2. The lowest BCUT2D eigenvalue weighted by Gasteiger charge is -2.36. The van der Waals surface area contributed by atoms with Crippen LogP contribution in [-0.2, 0) is 15.1 Å². The Morgan fingerprint density at radius 1 is 1.42 bits per heavy atom. The molecule has 1 aromatic rings. The highest BCUT2D eigenvalue weighted by atomic mass is 16.3. The molecule has 3 aliphatic heterocycles. The summed E-state index contributed by atoms with van der Waals surface area (Å²) in [5.74, 6) is -0.537. The molecule has 3 heterocycles. The minimum Gasteiger partial charge on any atom is -0.396 e. The van der Waals surface area contributed by atoms with Gasteiger partial charge in [0.1, 0.15) is 5.54 Å². The van der Waals surface area contributed by atoms with Crippen molar-refractivity contribution in [1.29, 1.82) is 0 Å². The maximum Gasteiger partial charge on any atom is 0.250 e. The molecule has 128 valence electrons. The van der Waals surface area contributed by atoms with Crippen LogP contribution in [0.3, 0.4) is 0 Å². The van der Waals surface area contributed by atoms with Gasteiger partial charge in [0.15, 0.2) is 0 Å². The van der Waals surface area contributed by atoms with Crippen molar-refractivity contribution >= 4 is 17.5 Å². The molecule has 1 spiro atoms. The van der Waals surface area contributed by atoms with Crippen molar-refractivity contribution in [2.45, 2.75) is 37.3 Å². The zero-order chi connectivity index (χ0) is 16.7. The Labute approximate surface area is 141 Å². The number of aliphatic hydroxyl groups is 1. The van der Waals surface area contributed by atoms with Crippen LogP contribution in [0.15, 0.2) is 24.3 Å². The standard InChI is InChI=1S/C18H23N3O3/c22-10-4-8-19-16(23)14-11-12-5-3-9-21(12)18(14)13-6-1-2-7-15(13)20-17(18)24/h1-2,6-7,12,14,22H,3-5,8-11H2,(H,19,23)(H,20,24)/t12-,14-,18+/m1/s1. The summed E-state index contributed by atoms with van der Waals surface area (Å²) < 4.78 is 0. The number of carbonyl (C=O) groups is 2. The summed E-state index contributed by atoms with van der Waals surface area (Å²) in [5.41, 5.74) is 0.881. The number of rotatable bonds is 4. The van der Waals surface area contributed by atoms with E-state index in [9.17, 15) is 9.59 Å². The lowest BCUT2D eigenvalue weighted by molar-refractivity contribution is -0.137. The van der Waals surface area contributed by atoms with Gasteiger partial charge in [0.2, 0.25) is 11.8 Å². The van der Waals surface area contributed by atoms with Crippen LogP contribution < -0.4 is 10.6 Å². The zero-order valence-corrected chi connectivity index (χ0v) is 13.6. The number of fused-ring (bicyclic) bond motifs is 4. The molecular formula is C18H23N3O3. The fourth-order valence-corrected chi connectivity index (χ4v) is 4.79. The van der Waals surface area contributed by atoms with Crippen LogP contribution in [0.5, 0.6) is 0 Å². The lowest BCUT2D eigenvalue weighted by Crippen LogP contribution is -2.54. The number of nitrogens with one attached hydrogen (secondary N) is 2. The van der Waals surface area contributed by atoms with Crippen molar-refractivity contribution in [3.05, 3.63) is 29.8 Å². The molecule has 3 aliphatic rings. The Balaban J connectivity index is 1.74. The number of anilines is 1. The lowest BCUT2D eigenvalue weighted by atomic mass is 9.78. The number of carbonyl (C=O) groups excluding carboxylic acids is 2. The second-order valence-electron chi connectivity index (χ2n) is 6.91. The normalized spacial score (nSPS) is 31.1. The van der Waals surface area contributed by atoms with E-state index in [1.807, 2.05) is 24.3 Å². The first kappa shape index (κ1) is 15.6. The molecule has 2 saturated heterocycles. The first-order valence-electron chi connectivity index (χ1n) is 8.76. The molecule has 0 aromatic heterocycles. The molecule has 0 aliphatic carbocycles. The minimum atomic E-state index is -0.874. The quantitative estimate of drug-likeness (QED) is 0.714. The number of amides is 2. The van der Waals surface area contributed by atoms with Gasteiger partial charge in [-0.2, -0.15) is 0 Å². The summed E-state index contributed by atoms with van der Waals surface area (Å²) in [7, 11) is 0. The van der Waals surface area contributed by atoms with Crippen molar-refractivity contribution in [3.8, 4) is 0 Å². The molecule has 2 fully saturated rings. The third kappa shape index (κ3) is 2.03. The van der Waals surface area contributed by atoms with Gasteiger partial charge < -0.3 is 15.7 Å². The second kappa shape index (κ2) is 5.86. The Morgan fingerprint density at radius 3 is 3.08 bits per heavy atom. The Bertz CT molecular complexity index is 677. The van der Waals surface area contributed by atoms with Gasteiger partial charge in [-0.15, -0.1) is 0 Å². The summed E-state index contributed by atoms with van der Waals surface area (Å²) in [5, 5.41) is 14.8. The molecule has 0 saturated carbocycles. The van der Waals surface area contributed by atoms with Crippen molar-refractivity contribution < 1.29 is 14.7 Å². The first-order chi connectivity index (χ1) is 11.7. The Morgan fingerprint density at radius 2 is 2.25 bits per heavy atom. The van der Waals surface area contributed by atoms with Crippen LogP contribution in [0.1, 0.15) is 31.2 Å². The molecule has 1 aromatic carbocycles. The van der Waals surface area contributed by atoms with Gasteiger partial charge in [-0.25, -0.2) is 0 Å². The largest absolute Gasteiger partial charge is 0.396 e. The number of benzene rings is 1. The van der Waals surface area contributed by atoms with Gasteiger partial charge in [-0.1, -0.05) is 18.2 Å². The Hall–Kier alpha value is -1.92. The van der Waals surface area contributed by atoms with Gasteiger partial charge in [0.25, 0.3) is 0 Å². The number of hydrogen-bond donors (Lipinski definition) is 3. The van der Waals surface area contributed by atoms with Crippen LogP contribution in [0.2, 0.25) is 0 Å². The average molecular weight is 329 g/mol. The molecule has 0 unspecified atom stereocenters. The maximum atomic E-state index is 13.1. The van der Waals surface area contributed by atoms with E-state index in [-0.39, 0.29) is 30.4 Å². The smallest absolute Gasteiger partial charge is 0.250 e. The first-order valence-corrected chi connectivity index (χ1v) is 8.76. The zero-order valence-electron chi connectivity index (χ0n) is 13.6. The topological polar surface area (TPSA) is 81.7 Å². The number of hydrogen-bond acceptors (Lipinski definition) is 4. The fourth-order valence-electron chi connectivity index (χ4n) is 4.79. The third-order valence-corrected chi connectivity index (χ3v) is 5.72. The number of nitrogens with zero attached hydrogens (tertiary/aromatic N) is 1. The van der Waals surface area contributed by atoms with E-state index in [2.05, 4.69) is 15.5 Å². The SMILES string of the molecule is O=C(NCCCO)[C@H]1C[C@H]2CCCN2[C@]12C(=O)Nc1ccccc12. The van der Waals surface area contributed by atoms with E-state index >= 15 is 0 Å². The van der Waals surface area contributed by atoms with Crippen LogP contribution in [-0.4, -0.2) is 47.6 Å². The summed E-state index contributed by atoms with van der Waals surface area (Å²) in [6, 6.07) is 8.01. The van der Waals surface area contributed by atoms with Gasteiger partial charge >= 0.3 is 0 Å². The fraction of sp³-hybridized carbons (Fsp3) is 0.556. The van der Waals surface area contributed by atoms with Crippen LogP contribution in [0.25, 0.3) is 0 Å². The highest BCUT2D eigenvalue weighted by Gasteiger charge is 2.65. The van der Waals surface area contributed by atoms with Crippen molar-refractivity contribution in [2.75, 3.05) is 25.0 Å². The summed E-state index contributed by atoms with van der Waals surface area (Å²) >= 11 is 0. The molecule has 2 amide bonds. The Kier molecular flexibility index (Phi) is 3.81. The number of aliphatic hydroxyl groups excluding tert-OH is 1. The number of para-hydroxylation sites is 1. The molecule has 4 rings (SSSR count). The highest BCUT2D eigenvalue weighted by molar-refractivity contribution is 6.09. The predicted molar refractivity (Wildman–Crippen MR) is 89.3 cm³/mol. The molecule has 6 heteroatoms. The van der Waals surface area contributed by atoms with E-state index in [0.717, 1.165) is 30.6 Å². The van der Waals surface area contributed by atoms with Gasteiger partial charge in [0.05, 0.1) is 5.92 Å². The van der Waals surface area contributed by atoms with Crippen LogP contribution >= 0.6 is 0 Å². The van der Waals surface area contributed by atoms with Crippen molar-refractivity contribution in [2.24, 2.45) is 5.92 Å². The second-order valence-corrected chi connectivity index (χ2v) is 6.91. The van der Waals surface area contributed by atoms with E-state index < -0.39 is 5.54 Å². The van der Waals surface area contributed by atoms with Crippen molar-refractivity contribution in [1.82, 2.24) is 10.2 Å². The van der Waals surface area contributed by atoms with Crippen LogP contribution in [0.4, 0.5) is 5.69 Å². The molecule has 3 N–H and O–H groups in total. The van der Waals surface area contributed by atoms with E-state index in [4.69, 9.17) is 5.11 Å². The van der Waals surface area contributed by atoms with E-state index in [0.29, 0.717) is 19.4 Å². The van der Waals surface area contributed by atoms with Gasteiger partial charge in [0, 0.05) is 30.4 Å². The molecule has 0 bridgehead atoms. The molecule has 24 heavy (non-hydrogen) atoms. The van der Waals surface area contributed by atoms with E-state index in [1.165, 1.54) is 0 Å². The van der Waals surface area contributed by atoms with E-state index in [1.54, 1.807) is 0 Å². The summed E-state index contributed by atoms with van der Waals surface area (Å²) in [6.07, 6.45) is 3.35. The predicted octanol–water partition coefficient (Wildman–Crippen LogP) is 0.817. The molecule has 0 radical (unpaired) electrons. The highest BCUT2D eigenvalue weighted by Crippen LogP contribution is 2.55. The van der Waals surface area contributed by atoms with Crippen molar-refractivity contribution in [3.63, 3.8) is 0 Å². The molecule has 3 atom stereocenters. The minimum absolute atomic E-state index is 0.0498. The summed E-state index contributed by atoms with van der Waals surface area (Å²) in [6.45, 7) is 1.34. The van der Waals surface area contributed by atoms with Gasteiger partial charge in [-0.05, 0) is 38.3 Å². The third-order valence-electron chi connectivity index (χ3n) is 5.72.